The summed E-state index contributed by atoms with van der Waals surface area (Å²) < 4.78 is 0. The zero-order valence-corrected chi connectivity index (χ0v) is 20.5. The summed E-state index contributed by atoms with van der Waals surface area (Å²) in [5.74, 6) is -3.70. The molecule has 14 nitrogen and oxygen atoms in total. The summed E-state index contributed by atoms with van der Waals surface area (Å²) in [4.78, 5) is 67.1. The van der Waals surface area contributed by atoms with E-state index in [0.29, 0.717) is 25.8 Å². The molecule has 0 spiro atoms. The molecule has 0 aromatic heterocycles. The number of amides is 4. The predicted molar refractivity (Wildman–Crippen MR) is 128 cm³/mol. The lowest BCUT2D eigenvalue weighted by Crippen LogP contribution is -2.58. The van der Waals surface area contributed by atoms with Crippen molar-refractivity contribution in [1.29, 1.82) is 0 Å². The third kappa shape index (κ3) is 9.39. The molecule has 1 saturated heterocycles. The molecule has 35 heavy (non-hydrogen) atoms. The first-order valence-electron chi connectivity index (χ1n) is 11.6. The fraction of sp³-hybridized carbons (Fsp3) is 0.714. The van der Waals surface area contributed by atoms with Crippen LogP contribution < -0.4 is 33.2 Å². The Labute approximate surface area is 204 Å². The van der Waals surface area contributed by atoms with E-state index in [1.54, 1.807) is 13.8 Å². The molecule has 1 rings (SSSR count). The van der Waals surface area contributed by atoms with Gasteiger partial charge in [0.15, 0.2) is 5.96 Å². The molecule has 1 fully saturated rings. The molecule has 0 aromatic rings. The topological polar surface area (TPSA) is 235 Å². The molecule has 0 saturated carbocycles. The van der Waals surface area contributed by atoms with Gasteiger partial charge in [-0.2, -0.15) is 0 Å². The number of hydrogen-bond donors (Lipinski definition) is 7. The predicted octanol–water partition coefficient (Wildman–Crippen LogP) is -2.80. The van der Waals surface area contributed by atoms with Gasteiger partial charge in [-0.05, 0) is 38.5 Å². The molecule has 4 amide bonds. The summed E-state index contributed by atoms with van der Waals surface area (Å²) in [6.07, 6.45) is 1.42. The Morgan fingerprint density at radius 2 is 1.74 bits per heavy atom. The van der Waals surface area contributed by atoms with Gasteiger partial charge in [-0.25, -0.2) is 0 Å². The number of nitrogens with two attached hydrogens (primary N) is 3. The average Bonchev–Trinajstić information content (AvgIpc) is 3.28. The lowest BCUT2D eigenvalue weighted by atomic mass is 10.0. The van der Waals surface area contributed by atoms with Gasteiger partial charge in [0.25, 0.3) is 0 Å². The van der Waals surface area contributed by atoms with E-state index in [9.17, 15) is 24.0 Å². The van der Waals surface area contributed by atoms with Gasteiger partial charge in [0.1, 0.15) is 24.2 Å². The second-order valence-corrected chi connectivity index (χ2v) is 8.76. The Morgan fingerprint density at radius 1 is 1.09 bits per heavy atom. The number of carboxylic acids is 1. The molecule has 0 aliphatic carbocycles. The van der Waals surface area contributed by atoms with Crippen molar-refractivity contribution in [3.63, 3.8) is 0 Å². The second kappa shape index (κ2) is 14.1. The Balaban J connectivity index is 2.98. The highest BCUT2D eigenvalue weighted by Gasteiger charge is 2.39. The number of guanidine groups is 1. The number of carbonyl (C=O) groups excluding carboxylic acids is 4. The number of rotatable bonds is 13. The lowest BCUT2D eigenvalue weighted by Gasteiger charge is -2.31. The van der Waals surface area contributed by atoms with E-state index >= 15 is 0 Å². The Kier molecular flexibility index (Phi) is 11.9. The van der Waals surface area contributed by atoms with Gasteiger partial charge in [-0.1, -0.05) is 13.8 Å². The number of likely N-dealkylation sites (tertiary alicyclic amines) is 1. The first-order chi connectivity index (χ1) is 16.4. The van der Waals surface area contributed by atoms with Gasteiger partial charge in [0, 0.05) is 13.1 Å². The van der Waals surface area contributed by atoms with Crippen molar-refractivity contribution >= 4 is 35.6 Å². The van der Waals surface area contributed by atoms with Gasteiger partial charge in [0.05, 0.1) is 6.54 Å². The smallest absolute Gasteiger partial charge is 0.325 e. The van der Waals surface area contributed by atoms with Gasteiger partial charge in [0.2, 0.25) is 23.6 Å². The van der Waals surface area contributed by atoms with Gasteiger partial charge in [-0.15, -0.1) is 0 Å². The van der Waals surface area contributed by atoms with Crippen molar-refractivity contribution in [1.82, 2.24) is 20.9 Å². The number of nitrogens with one attached hydrogen (secondary N) is 3. The molecule has 1 aliphatic rings. The van der Waals surface area contributed by atoms with Crippen molar-refractivity contribution in [2.24, 2.45) is 28.1 Å². The van der Waals surface area contributed by atoms with Crippen molar-refractivity contribution in [3.05, 3.63) is 0 Å². The highest BCUT2D eigenvalue weighted by Crippen LogP contribution is 2.21. The number of aliphatic imine (C=N–C) groups is 1. The summed E-state index contributed by atoms with van der Waals surface area (Å²) >= 11 is 0. The monoisotopic (exact) mass is 498 g/mol. The Bertz CT molecular complexity index is 814. The van der Waals surface area contributed by atoms with Gasteiger partial charge >= 0.3 is 5.97 Å². The molecule has 0 radical (unpaired) electrons. The van der Waals surface area contributed by atoms with E-state index in [0.717, 1.165) is 0 Å². The van der Waals surface area contributed by atoms with Crippen LogP contribution in [0, 0.1) is 5.92 Å². The molecule has 10 N–H and O–H groups in total. The van der Waals surface area contributed by atoms with Crippen LogP contribution in [0.25, 0.3) is 0 Å². The molecule has 0 unspecified atom stereocenters. The fourth-order valence-corrected chi connectivity index (χ4v) is 3.64. The van der Waals surface area contributed by atoms with Gasteiger partial charge < -0.3 is 43.2 Å². The van der Waals surface area contributed by atoms with E-state index in [1.807, 2.05) is 0 Å². The normalized spacial score (nSPS) is 17.7. The molecule has 0 bridgehead atoms. The van der Waals surface area contributed by atoms with Crippen LogP contribution in [-0.2, 0) is 24.0 Å². The highest BCUT2D eigenvalue weighted by molar-refractivity contribution is 5.95. The number of aliphatic carboxylic acids is 1. The van der Waals surface area contributed by atoms with Crippen LogP contribution in [0.3, 0.4) is 0 Å². The molecular formula is C21H38N8O6. The van der Waals surface area contributed by atoms with E-state index in [4.69, 9.17) is 22.3 Å². The van der Waals surface area contributed by atoms with Crippen LogP contribution in [0.5, 0.6) is 0 Å². The SMILES string of the molecule is CC(C)[C@@H](NC(=O)CN)C(=O)N1CCC[C@@H]1C(=O)N[C@H](CCCN=C(N)N)C(=O)N[C@@H](C)C(=O)O. The summed E-state index contributed by atoms with van der Waals surface area (Å²) in [6, 6.07) is -3.92. The van der Waals surface area contributed by atoms with Crippen molar-refractivity contribution < 1.29 is 29.1 Å². The highest BCUT2D eigenvalue weighted by atomic mass is 16.4. The van der Waals surface area contributed by atoms with Crippen LogP contribution in [0.2, 0.25) is 0 Å². The van der Waals surface area contributed by atoms with Crippen molar-refractivity contribution in [2.45, 2.75) is 70.6 Å². The summed E-state index contributed by atoms with van der Waals surface area (Å²) in [5.41, 5.74) is 16.0. The molecule has 1 heterocycles. The number of nitrogens with zero attached hydrogens (tertiary/aromatic N) is 2. The maximum Gasteiger partial charge on any atom is 0.325 e. The van der Waals surface area contributed by atoms with E-state index in [2.05, 4.69) is 20.9 Å². The molecule has 198 valence electrons. The van der Waals surface area contributed by atoms with Gasteiger partial charge in [-0.3, -0.25) is 29.0 Å². The van der Waals surface area contributed by atoms with Crippen LogP contribution in [0.1, 0.15) is 46.5 Å². The fourth-order valence-electron chi connectivity index (χ4n) is 3.64. The van der Waals surface area contributed by atoms with Crippen LogP contribution >= 0.6 is 0 Å². The third-order valence-corrected chi connectivity index (χ3v) is 5.58. The average molecular weight is 499 g/mol. The quantitative estimate of drug-likeness (QED) is 0.0787. The molecule has 4 atom stereocenters. The molecular weight excluding hydrogens is 460 g/mol. The van der Waals surface area contributed by atoms with Crippen LogP contribution in [0.15, 0.2) is 4.99 Å². The Morgan fingerprint density at radius 3 is 2.29 bits per heavy atom. The third-order valence-electron chi connectivity index (χ3n) is 5.58. The summed E-state index contributed by atoms with van der Waals surface area (Å²) in [6.45, 7) is 5.09. The van der Waals surface area contributed by atoms with Crippen molar-refractivity contribution in [3.8, 4) is 0 Å². The summed E-state index contributed by atoms with van der Waals surface area (Å²) in [7, 11) is 0. The van der Waals surface area contributed by atoms with E-state index < -0.39 is 53.8 Å². The largest absolute Gasteiger partial charge is 0.480 e. The molecule has 1 aliphatic heterocycles. The van der Waals surface area contributed by atoms with Crippen LogP contribution in [-0.4, -0.2) is 89.4 Å². The zero-order valence-electron chi connectivity index (χ0n) is 20.5. The number of carboxylic acid groups (broad SMARTS) is 1. The molecule has 14 heteroatoms. The second-order valence-electron chi connectivity index (χ2n) is 8.76. The van der Waals surface area contributed by atoms with E-state index in [-0.39, 0.29) is 31.4 Å². The first-order valence-corrected chi connectivity index (χ1v) is 11.6. The first kappa shape index (κ1) is 29.6. The maximum atomic E-state index is 13.2. The standard InChI is InChI=1S/C21H38N8O6/c1-11(2)16(28-15(30)10-22)19(33)29-9-5-7-14(29)18(32)27-13(6-4-8-25-21(23)24)17(31)26-12(3)20(34)35/h11-14,16H,4-10,22H2,1-3H3,(H,26,31)(H,27,32)(H,28,30)(H,34,35)(H4,23,24,25)/t12-,13+,14+,16+/m0/s1. The van der Waals surface area contributed by atoms with E-state index in [1.165, 1.54) is 11.8 Å². The van der Waals surface area contributed by atoms with Crippen molar-refractivity contribution in [2.75, 3.05) is 19.6 Å². The minimum atomic E-state index is -1.23. The minimum absolute atomic E-state index is 0.115. The lowest BCUT2D eigenvalue weighted by molar-refractivity contribution is -0.143. The Hall–Kier alpha value is -3.42. The maximum absolute atomic E-state index is 13.2. The number of carbonyl (C=O) groups is 5. The zero-order chi connectivity index (χ0) is 26.7. The number of hydrogen-bond acceptors (Lipinski definition) is 7. The summed E-state index contributed by atoms with van der Waals surface area (Å²) in [5, 5.41) is 16.7. The van der Waals surface area contributed by atoms with Crippen LogP contribution in [0.4, 0.5) is 0 Å². The molecule has 0 aromatic carbocycles. The minimum Gasteiger partial charge on any atom is -0.480 e.